The molecule has 132 valence electrons. The van der Waals surface area contributed by atoms with E-state index >= 15 is 0 Å². The molecule has 0 unspecified atom stereocenters. The van der Waals surface area contributed by atoms with Crippen molar-refractivity contribution in [3.63, 3.8) is 0 Å². The van der Waals surface area contributed by atoms with Gasteiger partial charge in [0.05, 0.1) is 12.8 Å². The van der Waals surface area contributed by atoms with Gasteiger partial charge in [-0.3, -0.25) is 4.79 Å². The van der Waals surface area contributed by atoms with Gasteiger partial charge in [-0.1, -0.05) is 18.5 Å². The second kappa shape index (κ2) is 7.70. The molecule has 0 bridgehead atoms. The van der Waals surface area contributed by atoms with Crippen LogP contribution >= 0.6 is 11.6 Å². The number of methoxy groups -OCH3 is 1. The molecule has 0 atom stereocenters. The molecule has 1 N–H and O–H groups in total. The Morgan fingerprint density at radius 1 is 1.28 bits per heavy atom. The van der Waals surface area contributed by atoms with E-state index in [-0.39, 0.29) is 5.91 Å². The highest BCUT2D eigenvalue weighted by Gasteiger charge is 2.22. The Morgan fingerprint density at radius 3 is 2.76 bits per heavy atom. The highest BCUT2D eigenvalue weighted by molar-refractivity contribution is 6.31. The summed E-state index contributed by atoms with van der Waals surface area (Å²) in [7, 11) is 1.58. The molecule has 25 heavy (non-hydrogen) atoms. The first-order valence-corrected chi connectivity index (χ1v) is 8.66. The number of piperidine rings is 1. The number of hydrogen-bond donors (Lipinski definition) is 1. The lowest BCUT2D eigenvalue weighted by atomic mass is 9.99. The lowest BCUT2D eigenvalue weighted by molar-refractivity contribution is 0.0691. The number of ether oxygens (including phenoxy) is 1. The SMILES string of the molecule is COc1ccc(Cl)cc1Nc1cc(C(=O)N2CCC(C)CC2)ncn1. The van der Waals surface area contributed by atoms with Gasteiger partial charge in [-0.25, -0.2) is 9.97 Å². The molecular formula is C18H21ClN4O2. The molecule has 3 rings (SSSR count). The molecule has 2 heterocycles. The van der Waals surface area contributed by atoms with Crippen molar-refractivity contribution in [3.05, 3.63) is 41.3 Å². The molecule has 0 radical (unpaired) electrons. The number of aromatic nitrogens is 2. The zero-order chi connectivity index (χ0) is 17.8. The summed E-state index contributed by atoms with van der Waals surface area (Å²) in [6, 6.07) is 6.92. The van der Waals surface area contributed by atoms with E-state index in [1.807, 2.05) is 4.90 Å². The lowest BCUT2D eigenvalue weighted by Crippen LogP contribution is -2.38. The van der Waals surface area contributed by atoms with Crippen LogP contribution in [0.3, 0.4) is 0 Å². The first-order valence-electron chi connectivity index (χ1n) is 8.28. The topological polar surface area (TPSA) is 67.3 Å². The minimum atomic E-state index is -0.0598. The number of benzene rings is 1. The number of halogens is 1. The van der Waals surface area contributed by atoms with E-state index in [2.05, 4.69) is 22.2 Å². The summed E-state index contributed by atoms with van der Waals surface area (Å²) in [5.41, 5.74) is 1.06. The van der Waals surface area contributed by atoms with Crippen molar-refractivity contribution in [1.82, 2.24) is 14.9 Å². The fraction of sp³-hybridized carbons (Fsp3) is 0.389. The van der Waals surface area contributed by atoms with Gasteiger partial charge in [0.25, 0.3) is 5.91 Å². The second-order valence-corrected chi connectivity index (χ2v) is 6.67. The van der Waals surface area contributed by atoms with Crippen LogP contribution in [0.2, 0.25) is 5.02 Å². The van der Waals surface area contributed by atoms with Gasteiger partial charge in [-0.15, -0.1) is 0 Å². The minimum absolute atomic E-state index is 0.0598. The number of amides is 1. The van der Waals surface area contributed by atoms with E-state index in [1.54, 1.807) is 31.4 Å². The summed E-state index contributed by atoms with van der Waals surface area (Å²) in [4.78, 5) is 22.8. The summed E-state index contributed by atoms with van der Waals surface area (Å²) in [5.74, 6) is 1.77. The monoisotopic (exact) mass is 360 g/mol. The number of hydrogen-bond acceptors (Lipinski definition) is 5. The average Bonchev–Trinajstić information content (AvgIpc) is 2.62. The number of likely N-dealkylation sites (tertiary alicyclic amines) is 1. The smallest absolute Gasteiger partial charge is 0.272 e. The summed E-state index contributed by atoms with van der Waals surface area (Å²) in [5, 5.41) is 3.72. The maximum Gasteiger partial charge on any atom is 0.272 e. The molecule has 6 nitrogen and oxygen atoms in total. The van der Waals surface area contributed by atoms with Crippen LogP contribution in [0.4, 0.5) is 11.5 Å². The van der Waals surface area contributed by atoms with E-state index in [9.17, 15) is 4.79 Å². The first-order chi connectivity index (χ1) is 12.1. The fourth-order valence-corrected chi connectivity index (χ4v) is 3.00. The van der Waals surface area contributed by atoms with Crippen LogP contribution in [0.5, 0.6) is 5.75 Å². The third-order valence-electron chi connectivity index (χ3n) is 4.38. The van der Waals surface area contributed by atoms with Crippen molar-refractivity contribution >= 4 is 29.0 Å². The van der Waals surface area contributed by atoms with E-state index in [0.29, 0.717) is 33.9 Å². The van der Waals surface area contributed by atoms with Gasteiger partial charge >= 0.3 is 0 Å². The Hall–Kier alpha value is -2.34. The Balaban J connectivity index is 1.78. The molecular weight excluding hydrogens is 340 g/mol. The number of carbonyl (C=O) groups is 1. The molecule has 1 aliphatic rings. The van der Waals surface area contributed by atoms with Crippen molar-refractivity contribution < 1.29 is 9.53 Å². The molecule has 1 aliphatic heterocycles. The van der Waals surface area contributed by atoms with E-state index in [4.69, 9.17) is 16.3 Å². The summed E-state index contributed by atoms with van der Waals surface area (Å²) < 4.78 is 5.32. The minimum Gasteiger partial charge on any atom is -0.495 e. The maximum atomic E-state index is 12.7. The van der Waals surface area contributed by atoms with E-state index in [0.717, 1.165) is 25.9 Å². The van der Waals surface area contributed by atoms with E-state index < -0.39 is 0 Å². The van der Waals surface area contributed by atoms with Crippen LogP contribution < -0.4 is 10.1 Å². The van der Waals surface area contributed by atoms with Gasteiger partial charge in [0.1, 0.15) is 23.6 Å². The Morgan fingerprint density at radius 2 is 2.04 bits per heavy atom. The molecule has 1 saturated heterocycles. The van der Waals surface area contributed by atoms with Crippen LogP contribution in [0.1, 0.15) is 30.3 Å². The van der Waals surface area contributed by atoms with Crippen LogP contribution in [0.15, 0.2) is 30.6 Å². The molecule has 0 saturated carbocycles. The van der Waals surface area contributed by atoms with Gasteiger partial charge in [-0.2, -0.15) is 0 Å². The molecule has 2 aromatic rings. The lowest BCUT2D eigenvalue weighted by Gasteiger charge is -2.30. The van der Waals surface area contributed by atoms with Crippen LogP contribution in [-0.4, -0.2) is 41.0 Å². The fourth-order valence-electron chi connectivity index (χ4n) is 2.83. The van der Waals surface area contributed by atoms with Gasteiger partial charge < -0.3 is 15.0 Å². The third kappa shape index (κ3) is 4.20. The number of nitrogens with zero attached hydrogens (tertiary/aromatic N) is 3. The number of nitrogens with one attached hydrogen (secondary N) is 1. The second-order valence-electron chi connectivity index (χ2n) is 6.23. The average molecular weight is 361 g/mol. The van der Waals surface area contributed by atoms with Crippen molar-refractivity contribution in [3.8, 4) is 5.75 Å². The van der Waals surface area contributed by atoms with Crippen molar-refractivity contribution in [2.45, 2.75) is 19.8 Å². The van der Waals surface area contributed by atoms with Crippen molar-refractivity contribution in [2.75, 3.05) is 25.5 Å². The first kappa shape index (κ1) is 17.5. The highest BCUT2D eigenvalue weighted by atomic mass is 35.5. The molecule has 1 amide bonds. The van der Waals surface area contributed by atoms with Crippen LogP contribution in [0, 0.1) is 5.92 Å². The number of anilines is 2. The van der Waals surface area contributed by atoms with Crippen LogP contribution in [-0.2, 0) is 0 Å². The molecule has 7 heteroatoms. The van der Waals surface area contributed by atoms with Crippen molar-refractivity contribution in [1.29, 1.82) is 0 Å². The predicted molar refractivity (Wildman–Crippen MR) is 97.6 cm³/mol. The van der Waals surface area contributed by atoms with Crippen LogP contribution in [0.25, 0.3) is 0 Å². The summed E-state index contributed by atoms with van der Waals surface area (Å²) in [6.45, 7) is 3.76. The molecule has 1 fully saturated rings. The Bertz CT molecular complexity index is 760. The maximum absolute atomic E-state index is 12.7. The Labute approximate surface area is 152 Å². The number of rotatable bonds is 4. The number of carbonyl (C=O) groups excluding carboxylic acids is 1. The normalized spacial score (nSPS) is 15.1. The van der Waals surface area contributed by atoms with Gasteiger partial charge in [0.2, 0.25) is 0 Å². The third-order valence-corrected chi connectivity index (χ3v) is 4.62. The van der Waals surface area contributed by atoms with Gasteiger partial charge in [0.15, 0.2) is 0 Å². The Kier molecular flexibility index (Phi) is 5.38. The van der Waals surface area contributed by atoms with E-state index in [1.165, 1.54) is 6.33 Å². The molecule has 0 spiro atoms. The summed E-state index contributed by atoms with van der Waals surface area (Å²) in [6.07, 6.45) is 3.45. The van der Waals surface area contributed by atoms with Gasteiger partial charge in [-0.05, 0) is 37.0 Å². The zero-order valence-electron chi connectivity index (χ0n) is 14.3. The summed E-state index contributed by atoms with van der Waals surface area (Å²) >= 11 is 6.05. The molecule has 1 aromatic heterocycles. The quantitative estimate of drug-likeness (QED) is 0.899. The van der Waals surface area contributed by atoms with Gasteiger partial charge in [0, 0.05) is 24.2 Å². The molecule has 0 aliphatic carbocycles. The standard InChI is InChI=1S/C18H21ClN4O2/c1-12-5-7-23(8-6-12)18(24)15-10-17(21-11-20-15)22-14-9-13(19)3-4-16(14)25-2/h3-4,9-12H,5-8H2,1-2H3,(H,20,21,22). The zero-order valence-corrected chi connectivity index (χ0v) is 15.1. The predicted octanol–water partition coefficient (Wildman–Crippen LogP) is 3.75. The van der Waals surface area contributed by atoms with Crippen molar-refractivity contribution in [2.24, 2.45) is 5.92 Å². The highest BCUT2D eigenvalue weighted by Crippen LogP contribution is 2.30. The largest absolute Gasteiger partial charge is 0.495 e. The molecule has 1 aromatic carbocycles.